The van der Waals surface area contributed by atoms with Gasteiger partial charge >= 0.3 is 0 Å². The molecule has 0 fully saturated rings. The highest BCUT2D eigenvalue weighted by Gasteiger charge is 2.09. The minimum atomic E-state index is -0.187. The average molecular weight is 436 g/mol. The van der Waals surface area contributed by atoms with Crippen molar-refractivity contribution in [2.75, 3.05) is 6.61 Å². The number of ether oxygens (including phenoxy) is 1. The summed E-state index contributed by atoms with van der Waals surface area (Å²) in [5.41, 5.74) is 1.90. The topological polar surface area (TPSA) is 56.1 Å². The lowest BCUT2D eigenvalue weighted by Gasteiger charge is -2.10. The van der Waals surface area contributed by atoms with Crippen LogP contribution in [0.4, 0.5) is 0 Å². The smallest absolute Gasteiger partial charge is 0.258 e. The van der Waals surface area contributed by atoms with E-state index in [1.165, 1.54) is 0 Å². The molecule has 0 spiro atoms. The van der Waals surface area contributed by atoms with E-state index in [-0.39, 0.29) is 12.5 Å². The van der Waals surface area contributed by atoms with Gasteiger partial charge in [-0.2, -0.15) is 5.10 Å². The third-order valence-corrected chi connectivity index (χ3v) is 5.15. The fourth-order valence-corrected chi connectivity index (χ4v) is 3.50. The van der Waals surface area contributed by atoms with E-state index in [1.807, 2.05) is 72.9 Å². The van der Waals surface area contributed by atoms with Crippen molar-refractivity contribution in [3.05, 3.63) is 89.2 Å². The van der Waals surface area contributed by atoms with Gasteiger partial charge in [-0.1, -0.05) is 48.5 Å². The first kappa shape index (κ1) is 18.3. The Labute approximate surface area is 171 Å². The average Bonchev–Trinajstić information content (AvgIpc) is 3.22. The van der Waals surface area contributed by atoms with Gasteiger partial charge in [0.2, 0.25) is 0 Å². The van der Waals surface area contributed by atoms with Gasteiger partial charge in [0.25, 0.3) is 5.91 Å². The maximum absolute atomic E-state index is 12.2. The fraction of sp³-hybridized carbons (Fsp3) is 0.0909. The van der Waals surface area contributed by atoms with Crippen LogP contribution >= 0.6 is 15.9 Å². The molecule has 1 heterocycles. The summed E-state index contributed by atoms with van der Waals surface area (Å²) in [6, 6.07) is 21.7. The van der Waals surface area contributed by atoms with Gasteiger partial charge in [0.05, 0.1) is 16.4 Å². The number of nitrogens with one attached hydrogen (secondary N) is 1. The van der Waals surface area contributed by atoms with Crippen LogP contribution < -0.4 is 10.1 Å². The van der Waals surface area contributed by atoms with Crippen LogP contribution in [0.15, 0.2) is 83.6 Å². The Balaban J connectivity index is 1.33. The van der Waals surface area contributed by atoms with E-state index < -0.39 is 0 Å². The van der Waals surface area contributed by atoms with Crippen molar-refractivity contribution in [3.8, 4) is 11.4 Å². The summed E-state index contributed by atoms with van der Waals surface area (Å²) in [5, 5.41) is 9.35. The van der Waals surface area contributed by atoms with Crippen molar-refractivity contribution in [3.63, 3.8) is 0 Å². The molecule has 0 bridgehead atoms. The molecule has 28 heavy (non-hydrogen) atoms. The first-order valence-corrected chi connectivity index (χ1v) is 9.66. The Morgan fingerprint density at radius 3 is 2.68 bits per heavy atom. The summed E-state index contributed by atoms with van der Waals surface area (Å²) in [6.07, 6.45) is 3.64. The molecule has 0 aliphatic heterocycles. The number of halogens is 1. The third-order valence-electron chi connectivity index (χ3n) is 4.33. The van der Waals surface area contributed by atoms with Gasteiger partial charge in [0.15, 0.2) is 6.61 Å². The predicted octanol–water partition coefficient (Wildman–Crippen LogP) is 4.48. The van der Waals surface area contributed by atoms with Crippen LogP contribution in [0.1, 0.15) is 5.56 Å². The number of nitrogens with zero attached hydrogens (tertiary/aromatic N) is 2. The van der Waals surface area contributed by atoms with Crippen molar-refractivity contribution in [2.45, 2.75) is 6.54 Å². The lowest BCUT2D eigenvalue weighted by Crippen LogP contribution is -2.28. The minimum absolute atomic E-state index is 0.0518. The summed E-state index contributed by atoms with van der Waals surface area (Å²) >= 11 is 3.56. The molecule has 0 aliphatic rings. The Hall–Kier alpha value is -3.12. The number of aromatic nitrogens is 2. The maximum Gasteiger partial charge on any atom is 0.258 e. The molecule has 1 aromatic heterocycles. The van der Waals surface area contributed by atoms with Crippen LogP contribution in [0.25, 0.3) is 16.5 Å². The van der Waals surface area contributed by atoms with E-state index in [1.54, 1.807) is 10.9 Å². The molecule has 1 N–H and O–H groups in total. The molecule has 4 rings (SSSR count). The Morgan fingerprint density at radius 1 is 1.04 bits per heavy atom. The predicted molar refractivity (Wildman–Crippen MR) is 113 cm³/mol. The summed E-state index contributed by atoms with van der Waals surface area (Å²) in [4.78, 5) is 12.2. The van der Waals surface area contributed by atoms with E-state index in [2.05, 4.69) is 26.3 Å². The van der Waals surface area contributed by atoms with Gasteiger partial charge in [-0.15, -0.1) is 0 Å². The zero-order chi connectivity index (χ0) is 19.3. The van der Waals surface area contributed by atoms with Crippen LogP contribution in [0.5, 0.6) is 5.75 Å². The van der Waals surface area contributed by atoms with Crippen LogP contribution in [0.2, 0.25) is 0 Å². The molecule has 140 valence electrons. The van der Waals surface area contributed by atoms with Gasteiger partial charge in [0, 0.05) is 18.3 Å². The highest BCUT2D eigenvalue weighted by molar-refractivity contribution is 9.10. The number of amides is 1. The minimum Gasteiger partial charge on any atom is -0.483 e. The van der Waals surface area contributed by atoms with Gasteiger partial charge in [-0.05, 0) is 44.9 Å². The molecular formula is C22H18BrN3O2. The number of para-hydroxylation sites is 1. The zero-order valence-electron chi connectivity index (χ0n) is 15.0. The molecule has 6 heteroatoms. The highest BCUT2D eigenvalue weighted by Crippen LogP contribution is 2.32. The number of carbonyl (C=O) groups is 1. The van der Waals surface area contributed by atoms with E-state index in [0.717, 1.165) is 26.5 Å². The lowest BCUT2D eigenvalue weighted by molar-refractivity contribution is -0.123. The molecule has 4 aromatic rings. The Morgan fingerprint density at radius 2 is 1.82 bits per heavy atom. The zero-order valence-corrected chi connectivity index (χ0v) is 16.6. The van der Waals surface area contributed by atoms with E-state index in [0.29, 0.717) is 12.3 Å². The second-order valence-electron chi connectivity index (χ2n) is 6.29. The number of hydrogen-bond donors (Lipinski definition) is 1. The number of hydrogen-bond acceptors (Lipinski definition) is 3. The first-order valence-electron chi connectivity index (χ1n) is 8.86. The lowest BCUT2D eigenvalue weighted by atomic mass is 10.1. The van der Waals surface area contributed by atoms with Gasteiger partial charge in [0.1, 0.15) is 5.75 Å². The van der Waals surface area contributed by atoms with Crippen LogP contribution in [0, 0.1) is 0 Å². The largest absolute Gasteiger partial charge is 0.483 e. The molecule has 0 saturated heterocycles. The molecular weight excluding hydrogens is 418 g/mol. The van der Waals surface area contributed by atoms with E-state index >= 15 is 0 Å². The Bertz CT molecular complexity index is 1110. The number of benzene rings is 3. The van der Waals surface area contributed by atoms with Gasteiger partial charge < -0.3 is 10.1 Å². The first-order chi connectivity index (χ1) is 13.7. The van der Waals surface area contributed by atoms with Gasteiger partial charge in [-0.3, -0.25) is 4.79 Å². The van der Waals surface area contributed by atoms with Crippen LogP contribution in [-0.4, -0.2) is 22.3 Å². The van der Waals surface area contributed by atoms with Crippen molar-refractivity contribution in [1.82, 2.24) is 15.1 Å². The second-order valence-corrected chi connectivity index (χ2v) is 7.09. The molecule has 0 unspecified atom stereocenters. The van der Waals surface area contributed by atoms with Crippen LogP contribution in [-0.2, 0) is 11.3 Å². The molecule has 0 radical (unpaired) electrons. The van der Waals surface area contributed by atoms with E-state index in [9.17, 15) is 4.79 Å². The third kappa shape index (κ3) is 4.07. The maximum atomic E-state index is 12.2. The SMILES string of the molecule is O=C(COc1ccc2ccccc2c1Br)NCc1cnn(-c2ccccc2)c1. The van der Waals surface area contributed by atoms with Gasteiger partial charge in [-0.25, -0.2) is 4.68 Å². The summed E-state index contributed by atoms with van der Waals surface area (Å²) < 4.78 is 8.32. The van der Waals surface area contributed by atoms with Crippen molar-refractivity contribution < 1.29 is 9.53 Å². The van der Waals surface area contributed by atoms with Crippen molar-refractivity contribution >= 4 is 32.6 Å². The molecule has 0 saturated carbocycles. The monoisotopic (exact) mass is 435 g/mol. The van der Waals surface area contributed by atoms with E-state index in [4.69, 9.17) is 4.74 Å². The summed E-state index contributed by atoms with van der Waals surface area (Å²) in [5.74, 6) is 0.457. The quantitative estimate of drug-likeness (QED) is 0.485. The second kappa shape index (κ2) is 8.27. The van der Waals surface area contributed by atoms with Crippen molar-refractivity contribution in [1.29, 1.82) is 0 Å². The standard InChI is InChI=1S/C22H18BrN3O2/c23-22-19-9-5-4-6-17(19)10-11-20(22)28-15-21(27)24-12-16-13-25-26(14-16)18-7-2-1-3-8-18/h1-11,13-14H,12,15H2,(H,24,27). The molecule has 0 aliphatic carbocycles. The number of carbonyl (C=O) groups excluding carboxylic acids is 1. The molecule has 0 atom stereocenters. The number of rotatable bonds is 6. The molecule has 5 nitrogen and oxygen atoms in total. The molecule has 3 aromatic carbocycles. The summed E-state index contributed by atoms with van der Waals surface area (Å²) in [6.45, 7) is 0.345. The fourth-order valence-electron chi connectivity index (χ4n) is 2.89. The summed E-state index contributed by atoms with van der Waals surface area (Å²) in [7, 11) is 0. The highest BCUT2D eigenvalue weighted by atomic mass is 79.9. The van der Waals surface area contributed by atoms with Crippen LogP contribution in [0.3, 0.4) is 0 Å². The van der Waals surface area contributed by atoms with Crippen molar-refractivity contribution in [2.24, 2.45) is 0 Å². The Kier molecular flexibility index (Phi) is 5.39. The molecule has 1 amide bonds. The number of fused-ring (bicyclic) bond motifs is 1. The normalized spacial score (nSPS) is 10.8.